The zero-order valence-electron chi connectivity index (χ0n) is 18.8. The second kappa shape index (κ2) is 8.53. The maximum atomic E-state index is 5.88. The fraction of sp³-hybridized carbons (Fsp3) is 0.500. The largest absolute Gasteiger partial charge is 0.353 e. The molecule has 1 unspecified atom stereocenters. The van der Waals surface area contributed by atoms with Crippen molar-refractivity contribution < 1.29 is 0 Å². The first-order valence-corrected chi connectivity index (χ1v) is 12.5. The maximum absolute atomic E-state index is 5.88. The number of nitrogens with two attached hydrogens (primary N) is 1. The van der Waals surface area contributed by atoms with Crippen molar-refractivity contribution in [3.8, 4) is 0 Å². The zero-order chi connectivity index (χ0) is 21.4. The van der Waals surface area contributed by atoms with Crippen molar-refractivity contribution >= 4 is 27.4 Å². The van der Waals surface area contributed by atoms with Crippen LogP contribution in [0.5, 0.6) is 0 Å². The molecule has 1 aliphatic heterocycles. The number of hydrogen-bond donors (Lipinski definition) is 1. The standard InChI is InChI=1S/C26H34N4S/c1-26(2)21(9-11-27)18-20-8-7-19(17-23(20)26)10-12-29-13-15-30(16-14-29)25-22-5-3-4-6-24(22)31-28-25/h3-8,17,21H,9-16,18,27H2,1-2H3. The highest BCUT2D eigenvalue weighted by Crippen LogP contribution is 2.44. The lowest BCUT2D eigenvalue weighted by Crippen LogP contribution is -2.47. The molecule has 2 aromatic carbocycles. The second-order valence-corrected chi connectivity index (χ2v) is 10.6. The number of hydrogen-bond acceptors (Lipinski definition) is 5. The van der Waals surface area contributed by atoms with Gasteiger partial charge >= 0.3 is 0 Å². The van der Waals surface area contributed by atoms with Crippen LogP contribution >= 0.6 is 11.5 Å². The van der Waals surface area contributed by atoms with Crippen LogP contribution in [0.15, 0.2) is 42.5 Å². The smallest absolute Gasteiger partial charge is 0.150 e. The van der Waals surface area contributed by atoms with E-state index in [0.29, 0.717) is 5.92 Å². The van der Waals surface area contributed by atoms with E-state index in [-0.39, 0.29) is 5.41 Å². The van der Waals surface area contributed by atoms with Crippen molar-refractivity contribution in [3.05, 3.63) is 59.2 Å². The SMILES string of the molecule is CC1(C)c2cc(CCN3CCN(c4nsc5ccccc45)CC3)ccc2CC1CCN. The lowest BCUT2D eigenvalue weighted by atomic mass is 9.76. The molecule has 5 heteroatoms. The Morgan fingerprint density at radius 1 is 1.10 bits per heavy atom. The third-order valence-electron chi connectivity index (χ3n) is 7.62. The Morgan fingerprint density at radius 2 is 1.90 bits per heavy atom. The molecule has 2 heterocycles. The number of piperazine rings is 1. The molecular weight excluding hydrogens is 400 g/mol. The summed E-state index contributed by atoms with van der Waals surface area (Å²) >= 11 is 1.62. The Bertz CT molecular complexity index is 1050. The van der Waals surface area contributed by atoms with Gasteiger partial charge in [-0.3, -0.25) is 4.90 Å². The van der Waals surface area contributed by atoms with Gasteiger partial charge in [0.1, 0.15) is 5.82 Å². The Hall–Kier alpha value is -1.95. The molecule has 2 aliphatic rings. The fourth-order valence-electron chi connectivity index (χ4n) is 5.53. The Morgan fingerprint density at radius 3 is 2.71 bits per heavy atom. The summed E-state index contributed by atoms with van der Waals surface area (Å²) in [5.74, 6) is 1.85. The monoisotopic (exact) mass is 434 g/mol. The Balaban J connectivity index is 1.19. The Kier molecular flexibility index (Phi) is 5.76. The van der Waals surface area contributed by atoms with Gasteiger partial charge in [0.05, 0.1) is 4.70 Å². The van der Waals surface area contributed by atoms with E-state index in [1.807, 2.05) is 0 Å². The van der Waals surface area contributed by atoms with Crippen molar-refractivity contribution in [2.75, 3.05) is 44.2 Å². The molecule has 1 aliphatic carbocycles. The van der Waals surface area contributed by atoms with E-state index in [4.69, 9.17) is 10.1 Å². The molecule has 0 spiro atoms. The molecule has 0 bridgehead atoms. The van der Waals surface area contributed by atoms with E-state index in [2.05, 4.69) is 66.1 Å². The number of anilines is 1. The van der Waals surface area contributed by atoms with Crippen molar-refractivity contribution in [1.82, 2.24) is 9.27 Å². The van der Waals surface area contributed by atoms with E-state index in [1.165, 1.54) is 33.5 Å². The molecule has 1 aromatic heterocycles. The molecule has 2 N–H and O–H groups in total. The number of benzene rings is 2. The summed E-state index contributed by atoms with van der Waals surface area (Å²) in [7, 11) is 0. The van der Waals surface area contributed by atoms with Crippen molar-refractivity contribution in [1.29, 1.82) is 0 Å². The average Bonchev–Trinajstić information content (AvgIpc) is 3.32. The quantitative estimate of drug-likeness (QED) is 0.622. The van der Waals surface area contributed by atoms with Gasteiger partial charge in [-0.2, -0.15) is 4.37 Å². The van der Waals surface area contributed by atoms with Crippen LogP contribution < -0.4 is 10.6 Å². The third-order valence-corrected chi connectivity index (χ3v) is 8.43. The van der Waals surface area contributed by atoms with E-state index < -0.39 is 0 Å². The summed E-state index contributed by atoms with van der Waals surface area (Å²) < 4.78 is 6.03. The summed E-state index contributed by atoms with van der Waals surface area (Å²) in [6.07, 6.45) is 3.44. The van der Waals surface area contributed by atoms with Gasteiger partial charge in [0.2, 0.25) is 0 Å². The van der Waals surface area contributed by atoms with E-state index in [0.717, 1.165) is 52.1 Å². The average molecular weight is 435 g/mol. The molecule has 1 atom stereocenters. The first kappa shape index (κ1) is 20.9. The first-order valence-electron chi connectivity index (χ1n) is 11.7. The summed E-state index contributed by atoms with van der Waals surface area (Å²) in [6, 6.07) is 15.8. The fourth-order valence-corrected chi connectivity index (χ4v) is 6.33. The molecule has 0 saturated carbocycles. The van der Waals surface area contributed by atoms with Crippen molar-refractivity contribution in [3.63, 3.8) is 0 Å². The van der Waals surface area contributed by atoms with E-state index >= 15 is 0 Å². The maximum Gasteiger partial charge on any atom is 0.150 e. The molecule has 0 radical (unpaired) electrons. The van der Waals surface area contributed by atoms with Crippen molar-refractivity contribution in [2.45, 2.75) is 38.5 Å². The van der Waals surface area contributed by atoms with Gasteiger partial charge < -0.3 is 10.6 Å². The highest BCUT2D eigenvalue weighted by molar-refractivity contribution is 7.13. The lowest BCUT2D eigenvalue weighted by molar-refractivity contribution is 0.260. The lowest BCUT2D eigenvalue weighted by Gasteiger charge is -2.35. The van der Waals surface area contributed by atoms with Crippen LogP contribution in [0.2, 0.25) is 0 Å². The van der Waals surface area contributed by atoms with Crippen LogP contribution in [0.1, 0.15) is 37.0 Å². The summed E-state index contributed by atoms with van der Waals surface area (Å²) in [5.41, 5.74) is 10.7. The van der Waals surface area contributed by atoms with Crippen LogP contribution in [0.3, 0.4) is 0 Å². The highest BCUT2D eigenvalue weighted by atomic mass is 32.1. The van der Waals surface area contributed by atoms with Crippen LogP contribution in [-0.4, -0.2) is 48.5 Å². The van der Waals surface area contributed by atoms with Gasteiger partial charge in [-0.25, -0.2) is 0 Å². The number of rotatable bonds is 6. The minimum absolute atomic E-state index is 0.243. The van der Waals surface area contributed by atoms with Gasteiger partial charge in [-0.15, -0.1) is 0 Å². The second-order valence-electron chi connectivity index (χ2n) is 9.77. The minimum atomic E-state index is 0.243. The van der Waals surface area contributed by atoms with Crippen LogP contribution in [-0.2, 0) is 18.3 Å². The normalized spacial score (nSPS) is 21.0. The number of aromatic nitrogens is 1. The minimum Gasteiger partial charge on any atom is -0.353 e. The topological polar surface area (TPSA) is 45.4 Å². The molecule has 1 fully saturated rings. The predicted octanol–water partition coefficient (Wildman–Crippen LogP) is 4.46. The van der Waals surface area contributed by atoms with Crippen LogP contribution in [0.25, 0.3) is 10.1 Å². The van der Waals surface area contributed by atoms with Crippen molar-refractivity contribution in [2.24, 2.45) is 11.7 Å². The molecule has 4 nitrogen and oxygen atoms in total. The number of nitrogens with zero attached hydrogens (tertiary/aromatic N) is 3. The third kappa shape index (κ3) is 3.99. The van der Waals surface area contributed by atoms with E-state index in [1.54, 1.807) is 17.1 Å². The van der Waals surface area contributed by atoms with Gasteiger partial charge in [-0.1, -0.05) is 44.2 Å². The summed E-state index contributed by atoms with van der Waals surface area (Å²) in [6.45, 7) is 11.1. The molecule has 0 amide bonds. The van der Waals surface area contributed by atoms with Crippen LogP contribution in [0.4, 0.5) is 5.82 Å². The van der Waals surface area contributed by atoms with Crippen LogP contribution in [0, 0.1) is 5.92 Å². The molecule has 3 aromatic rings. The van der Waals surface area contributed by atoms with Gasteiger partial charge in [0, 0.05) is 38.1 Å². The molecule has 1 saturated heterocycles. The van der Waals surface area contributed by atoms with Gasteiger partial charge in [0.25, 0.3) is 0 Å². The zero-order valence-corrected chi connectivity index (χ0v) is 19.6. The predicted molar refractivity (Wildman–Crippen MR) is 132 cm³/mol. The molecule has 5 rings (SSSR count). The molecular formula is C26H34N4S. The number of fused-ring (bicyclic) bond motifs is 2. The summed E-state index contributed by atoms with van der Waals surface area (Å²) in [4.78, 5) is 5.07. The first-order chi connectivity index (χ1) is 15.1. The highest BCUT2D eigenvalue weighted by Gasteiger charge is 2.38. The molecule has 31 heavy (non-hydrogen) atoms. The van der Waals surface area contributed by atoms with Gasteiger partial charge in [0.15, 0.2) is 0 Å². The molecule has 164 valence electrons. The van der Waals surface area contributed by atoms with Gasteiger partial charge in [-0.05, 0) is 77.5 Å². The van der Waals surface area contributed by atoms with E-state index in [9.17, 15) is 0 Å². The summed E-state index contributed by atoms with van der Waals surface area (Å²) in [5, 5.41) is 1.30. The Labute approximate surface area is 190 Å².